The van der Waals surface area contributed by atoms with E-state index in [0.29, 0.717) is 48.7 Å². The maximum Gasteiger partial charge on any atom is 0.340 e. The second-order valence-corrected chi connectivity index (χ2v) is 10.1. The number of nitrogens with two attached hydrogens (primary N) is 2. The monoisotopic (exact) mass is 522 g/mol. The molecule has 0 radical (unpaired) electrons. The van der Waals surface area contributed by atoms with E-state index in [9.17, 15) is 9.59 Å². The Balaban J connectivity index is 0.00000247. The second kappa shape index (κ2) is 13.6. The molecule has 0 saturated carbocycles. The van der Waals surface area contributed by atoms with Gasteiger partial charge in [-0.05, 0) is 64.4 Å². The van der Waals surface area contributed by atoms with Gasteiger partial charge in [0.15, 0.2) is 0 Å². The highest BCUT2D eigenvalue weighted by molar-refractivity contribution is 6.09. The van der Waals surface area contributed by atoms with Gasteiger partial charge < -0.3 is 26.4 Å². The number of ether oxygens (including phenoxy) is 1. The number of hydrogen-bond donors (Lipinski definition) is 3. The first-order chi connectivity index (χ1) is 17.9. The highest BCUT2D eigenvalue weighted by Gasteiger charge is 2.26. The maximum atomic E-state index is 12.9. The third-order valence-electron chi connectivity index (χ3n) is 5.44. The van der Waals surface area contributed by atoms with Gasteiger partial charge in [-0.25, -0.2) is 9.78 Å². The second-order valence-electron chi connectivity index (χ2n) is 10.1. The summed E-state index contributed by atoms with van der Waals surface area (Å²) in [5.74, 6) is -0.0963. The fraction of sp³-hybridized carbons (Fsp3) is 0.448. The maximum absolute atomic E-state index is 12.9. The first kappa shape index (κ1) is 30.3. The summed E-state index contributed by atoms with van der Waals surface area (Å²) in [6.45, 7) is 14.8. The van der Waals surface area contributed by atoms with E-state index in [4.69, 9.17) is 21.2 Å². The number of benzene rings is 1. The minimum absolute atomic E-state index is 0.0680. The van der Waals surface area contributed by atoms with Gasteiger partial charge in [0.2, 0.25) is 0 Å². The summed E-state index contributed by atoms with van der Waals surface area (Å²) in [5, 5.41) is 2.88. The molecule has 0 atom stereocenters. The third-order valence-corrected chi connectivity index (χ3v) is 5.44. The Bertz CT molecular complexity index is 1150. The molecule has 2 aromatic rings. The van der Waals surface area contributed by atoms with Crippen LogP contribution in [0.15, 0.2) is 58.9 Å². The fourth-order valence-corrected chi connectivity index (χ4v) is 3.72. The van der Waals surface area contributed by atoms with Crippen molar-refractivity contribution in [3.63, 3.8) is 0 Å². The number of nitrogens with one attached hydrogen (secondary N) is 1. The largest absolute Gasteiger partial charge is 0.456 e. The number of anilines is 2. The van der Waals surface area contributed by atoms with Crippen molar-refractivity contribution in [1.82, 2.24) is 10.3 Å². The molecular weight excluding hydrogens is 480 g/mol. The van der Waals surface area contributed by atoms with E-state index in [0.717, 1.165) is 11.3 Å². The van der Waals surface area contributed by atoms with Gasteiger partial charge in [-0.2, -0.15) is 0 Å². The topological polar surface area (TPSA) is 136 Å². The van der Waals surface area contributed by atoms with Crippen molar-refractivity contribution in [2.45, 2.75) is 73.1 Å². The van der Waals surface area contributed by atoms with Gasteiger partial charge in [-0.1, -0.05) is 26.0 Å². The van der Waals surface area contributed by atoms with Gasteiger partial charge in [-0.3, -0.25) is 9.79 Å². The van der Waals surface area contributed by atoms with Gasteiger partial charge in [0, 0.05) is 55.3 Å². The standard InChI is InChI=1S/C27H36N6O3.C2H6/c1-17(2)32-22-12-13-33(23-11-8-19(15-30-23)26(35)36-27(3,4)5)16-21(22)24(29)25(34)31-14-18-6-9-20(28)10-7-18;1-2/h6-11,15,17H,12-14,16,28-29H2,1-5H3,(H,31,34);1-2H3/b24-21-,32-22?;. The molecule has 9 nitrogen and oxygen atoms in total. The Morgan fingerprint density at radius 2 is 1.79 bits per heavy atom. The van der Waals surface area contributed by atoms with Crippen LogP contribution in [-0.4, -0.2) is 47.3 Å². The van der Waals surface area contributed by atoms with E-state index in [-0.39, 0.29) is 17.6 Å². The van der Waals surface area contributed by atoms with Gasteiger partial charge in [0.1, 0.15) is 17.1 Å². The molecule has 206 valence electrons. The summed E-state index contributed by atoms with van der Waals surface area (Å²) in [6.07, 6.45) is 2.13. The number of pyridine rings is 1. The number of esters is 1. The van der Waals surface area contributed by atoms with Crippen LogP contribution in [0.4, 0.5) is 11.5 Å². The van der Waals surface area contributed by atoms with E-state index in [1.54, 1.807) is 24.3 Å². The molecule has 1 aliphatic rings. The molecule has 1 aromatic carbocycles. The molecule has 1 aliphatic heterocycles. The Hall–Kier alpha value is -3.88. The van der Waals surface area contributed by atoms with Gasteiger partial charge in [0.25, 0.3) is 5.91 Å². The lowest BCUT2D eigenvalue weighted by molar-refractivity contribution is -0.117. The lowest BCUT2D eigenvalue weighted by Crippen LogP contribution is -2.40. The SMILES string of the molecule is CC.CC(C)N=C1CCN(c2ccc(C(=O)OC(C)(C)C)cn2)C/C1=C(/N)C(=O)NCc1ccc(N)cc1. The van der Waals surface area contributed by atoms with Crippen LogP contribution in [0.3, 0.4) is 0 Å². The molecule has 1 amide bonds. The quantitative estimate of drug-likeness (QED) is 0.293. The number of nitrogen functional groups attached to an aromatic ring is 1. The van der Waals surface area contributed by atoms with E-state index in [1.165, 1.54) is 6.20 Å². The molecule has 0 aliphatic carbocycles. The molecule has 3 rings (SSSR count). The van der Waals surface area contributed by atoms with Crippen LogP contribution in [0.5, 0.6) is 0 Å². The summed E-state index contributed by atoms with van der Waals surface area (Å²) in [4.78, 5) is 36.5. The number of aromatic nitrogens is 1. The Kier molecular flexibility index (Phi) is 10.9. The average molecular weight is 523 g/mol. The van der Waals surface area contributed by atoms with E-state index < -0.39 is 11.6 Å². The number of nitrogens with zero attached hydrogens (tertiary/aromatic N) is 3. The van der Waals surface area contributed by atoms with Crippen molar-refractivity contribution in [2.24, 2.45) is 10.7 Å². The van der Waals surface area contributed by atoms with Crippen LogP contribution >= 0.6 is 0 Å². The molecule has 9 heteroatoms. The zero-order chi connectivity index (χ0) is 28.5. The van der Waals surface area contributed by atoms with Crippen LogP contribution in [0, 0.1) is 0 Å². The average Bonchev–Trinajstić information content (AvgIpc) is 2.88. The van der Waals surface area contributed by atoms with Crippen molar-refractivity contribution in [3.8, 4) is 0 Å². The van der Waals surface area contributed by atoms with E-state index in [1.807, 2.05) is 65.5 Å². The first-order valence-corrected chi connectivity index (χ1v) is 13.1. The van der Waals surface area contributed by atoms with Crippen LogP contribution in [0.1, 0.15) is 70.8 Å². The number of carbonyl (C=O) groups excluding carboxylic acids is 2. The number of carbonyl (C=O) groups is 2. The number of rotatable bonds is 6. The molecular formula is C29H42N6O3. The van der Waals surface area contributed by atoms with Crippen molar-refractivity contribution >= 4 is 29.1 Å². The predicted octanol–water partition coefficient (Wildman–Crippen LogP) is 4.23. The lowest BCUT2D eigenvalue weighted by Gasteiger charge is -2.32. The van der Waals surface area contributed by atoms with Gasteiger partial charge in [0.05, 0.1) is 5.56 Å². The van der Waals surface area contributed by atoms with Gasteiger partial charge in [-0.15, -0.1) is 0 Å². The van der Waals surface area contributed by atoms with Crippen LogP contribution in [0.2, 0.25) is 0 Å². The summed E-state index contributed by atoms with van der Waals surface area (Å²) < 4.78 is 5.41. The molecule has 1 saturated heterocycles. The summed E-state index contributed by atoms with van der Waals surface area (Å²) in [5.41, 5.74) is 15.1. The predicted molar refractivity (Wildman–Crippen MR) is 154 cm³/mol. The lowest BCUT2D eigenvalue weighted by atomic mass is 9.99. The summed E-state index contributed by atoms with van der Waals surface area (Å²) in [7, 11) is 0. The highest BCUT2D eigenvalue weighted by Crippen LogP contribution is 2.23. The Labute approximate surface area is 226 Å². The van der Waals surface area contributed by atoms with Crippen molar-refractivity contribution < 1.29 is 14.3 Å². The van der Waals surface area contributed by atoms with Crippen molar-refractivity contribution in [1.29, 1.82) is 0 Å². The van der Waals surface area contributed by atoms with Crippen LogP contribution in [0.25, 0.3) is 0 Å². The zero-order valence-corrected chi connectivity index (χ0v) is 23.7. The Morgan fingerprint density at radius 1 is 1.13 bits per heavy atom. The minimum Gasteiger partial charge on any atom is -0.456 e. The number of aliphatic imine (C=N–C) groups is 1. The number of hydrogen-bond acceptors (Lipinski definition) is 8. The minimum atomic E-state index is -0.583. The first-order valence-electron chi connectivity index (χ1n) is 13.1. The smallest absolute Gasteiger partial charge is 0.340 e. The number of piperidine rings is 1. The molecule has 0 bridgehead atoms. The molecule has 38 heavy (non-hydrogen) atoms. The number of amides is 1. The molecule has 0 unspecified atom stereocenters. The fourth-order valence-electron chi connectivity index (χ4n) is 3.72. The highest BCUT2D eigenvalue weighted by atomic mass is 16.6. The molecule has 2 heterocycles. The zero-order valence-electron chi connectivity index (χ0n) is 23.7. The van der Waals surface area contributed by atoms with E-state index in [2.05, 4.69) is 10.3 Å². The van der Waals surface area contributed by atoms with Crippen LogP contribution < -0.4 is 21.7 Å². The van der Waals surface area contributed by atoms with E-state index >= 15 is 0 Å². The van der Waals surface area contributed by atoms with Crippen molar-refractivity contribution in [3.05, 3.63) is 65.0 Å². The molecule has 0 spiro atoms. The molecule has 1 fully saturated rings. The molecule has 1 aromatic heterocycles. The molecule has 5 N–H and O–H groups in total. The third kappa shape index (κ3) is 8.90. The normalized spacial score (nSPS) is 16.0. The summed E-state index contributed by atoms with van der Waals surface area (Å²) >= 11 is 0. The summed E-state index contributed by atoms with van der Waals surface area (Å²) in [6, 6.07) is 10.8. The van der Waals surface area contributed by atoms with Crippen LogP contribution in [-0.2, 0) is 16.1 Å². The van der Waals surface area contributed by atoms with Crippen molar-refractivity contribution in [2.75, 3.05) is 23.7 Å². The Morgan fingerprint density at radius 3 is 2.34 bits per heavy atom. The van der Waals surface area contributed by atoms with Gasteiger partial charge >= 0.3 is 5.97 Å².